The number of hydrogen-bond donors (Lipinski definition) is 3. The van der Waals surface area contributed by atoms with Crippen LogP contribution in [0.15, 0.2) is 24.3 Å². The molecule has 0 aliphatic heterocycles. The molecular weight excluding hydrogens is 252 g/mol. The number of carbonyl (C=O) groups excluding carboxylic acids is 1. The highest BCUT2D eigenvalue weighted by Gasteiger charge is 2.03. The summed E-state index contributed by atoms with van der Waals surface area (Å²) < 4.78 is 0. The Morgan fingerprint density at radius 3 is 2.61 bits per heavy atom. The van der Waals surface area contributed by atoms with Gasteiger partial charge >= 0.3 is 6.03 Å². The molecule has 0 saturated carbocycles. The van der Waals surface area contributed by atoms with E-state index in [1.165, 1.54) is 0 Å². The molecule has 18 heavy (non-hydrogen) atoms. The average molecular weight is 271 g/mol. The molecule has 1 rings (SSSR count). The van der Waals surface area contributed by atoms with Gasteiger partial charge in [-0.05, 0) is 30.0 Å². The number of hydrogen-bond acceptors (Lipinski definition) is 2. The molecule has 0 aromatic heterocycles. The largest absolute Gasteiger partial charge is 0.396 e. The Bertz CT molecular complexity index is 368. The first-order valence-corrected chi connectivity index (χ1v) is 6.36. The summed E-state index contributed by atoms with van der Waals surface area (Å²) in [5, 5.41) is 15.0. The van der Waals surface area contributed by atoms with Crippen molar-refractivity contribution in [2.45, 2.75) is 13.3 Å². The number of aliphatic hydroxyl groups is 1. The molecule has 0 fully saturated rings. The van der Waals surface area contributed by atoms with Crippen LogP contribution in [0.2, 0.25) is 5.02 Å². The lowest BCUT2D eigenvalue weighted by atomic mass is 10.1. The van der Waals surface area contributed by atoms with Crippen molar-refractivity contribution in [3.8, 4) is 0 Å². The van der Waals surface area contributed by atoms with Gasteiger partial charge in [0.25, 0.3) is 0 Å². The van der Waals surface area contributed by atoms with Crippen LogP contribution in [0.4, 0.5) is 4.79 Å². The van der Waals surface area contributed by atoms with E-state index in [1.807, 2.05) is 31.2 Å². The molecule has 4 nitrogen and oxygen atoms in total. The average Bonchev–Trinajstić information content (AvgIpc) is 2.38. The number of benzene rings is 1. The van der Waals surface area contributed by atoms with Crippen molar-refractivity contribution < 1.29 is 9.90 Å². The normalized spacial score (nSPS) is 11.9. The van der Waals surface area contributed by atoms with Crippen molar-refractivity contribution >= 4 is 17.6 Å². The van der Waals surface area contributed by atoms with Gasteiger partial charge in [0.05, 0.1) is 0 Å². The van der Waals surface area contributed by atoms with Gasteiger partial charge in [-0.3, -0.25) is 0 Å². The maximum absolute atomic E-state index is 11.4. The Balaban J connectivity index is 2.17. The number of urea groups is 1. The standard InChI is InChI=1S/C13H19ClN2O2/c1-10(9-17)8-16-13(18)15-7-6-11-2-4-12(14)5-3-11/h2-5,10,17H,6-9H2,1H3,(H2,15,16,18). The SMILES string of the molecule is CC(CO)CNC(=O)NCCc1ccc(Cl)cc1. The Morgan fingerprint density at radius 1 is 1.33 bits per heavy atom. The highest BCUT2D eigenvalue weighted by atomic mass is 35.5. The van der Waals surface area contributed by atoms with Crippen LogP contribution >= 0.6 is 11.6 Å². The van der Waals surface area contributed by atoms with Gasteiger partial charge < -0.3 is 15.7 Å². The second-order valence-corrected chi connectivity index (χ2v) is 4.74. The van der Waals surface area contributed by atoms with E-state index in [0.717, 1.165) is 12.0 Å². The minimum atomic E-state index is -0.204. The maximum atomic E-state index is 11.4. The van der Waals surface area contributed by atoms with E-state index in [4.69, 9.17) is 16.7 Å². The third-order valence-corrected chi connectivity index (χ3v) is 2.79. The fourth-order valence-electron chi connectivity index (χ4n) is 1.37. The van der Waals surface area contributed by atoms with Crippen LogP contribution in [0.25, 0.3) is 0 Å². The second-order valence-electron chi connectivity index (χ2n) is 4.30. The van der Waals surface area contributed by atoms with Gasteiger partial charge in [0.15, 0.2) is 0 Å². The summed E-state index contributed by atoms with van der Waals surface area (Å²) in [5.74, 6) is 0.0759. The van der Waals surface area contributed by atoms with Crippen molar-refractivity contribution in [2.75, 3.05) is 19.7 Å². The number of aliphatic hydroxyl groups excluding tert-OH is 1. The zero-order valence-corrected chi connectivity index (χ0v) is 11.2. The lowest BCUT2D eigenvalue weighted by Gasteiger charge is -2.10. The molecule has 1 aromatic rings. The first kappa shape index (κ1) is 14.8. The third kappa shape index (κ3) is 5.89. The summed E-state index contributed by atoms with van der Waals surface area (Å²) in [6.45, 7) is 2.99. The number of rotatable bonds is 6. The van der Waals surface area contributed by atoms with E-state index in [1.54, 1.807) is 0 Å². The molecule has 0 aliphatic rings. The predicted molar refractivity (Wildman–Crippen MR) is 72.8 cm³/mol. The molecule has 0 aliphatic carbocycles. The molecule has 0 spiro atoms. The van der Waals surface area contributed by atoms with E-state index in [2.05, 4.69) is 10.6 Å². The number of amides is 2. The fourth-order valence-corrected chi connectivity index (χ4v) is 1.49. The minimum Gasteiger partial charge on any atom is -0.396 e. The topological polar surface area (TPSA) is 61.4 Å². The Morgan fingerprint density at radius 2 is 2.00 bits per heavy atom. The van der Waals surface area contributed by atoms with E-state index in [-0.39, 0.29) is 18.6 Å². The number of halogens is 1. The van der Waals surface area contributed by atoms with Gasteiger partial charge in [0, 0.05) is 24.7 Å². The summed E-state index contributed by atoms with van der Waals surface area (Å²) in [4.78, 5) is 11.4. The van der Waals surface area contributed by atoms with E-state index < -0.39 is 0 Å². The van der Waals surface area contributed by atoms with Crippen LogP contribution in [0.3, 0.4) is 0 Å². The molecule has 5 heteroatoms. The highest BCUT2D eigenvalue weighted by molar-refractivity contribution is 6.30. The Kier molecular flexibility index (Phi) is 6.54. The molecule has 0 radical (unpaired) electrons. The second kappa shape index (κ2) is 7.95. The zero-order valence-electron chi connectivity index (χ0n) is 10.4. The first-order chi connectivity index (χ1) is 8.61. The molecule has 2 amide bonds. The third-order valence-electron chi connectivity index (χ3n) is 2.54. The molecule has 0 saturated heterocycles. The minimum absolute atomic E-state index is 0.0745. The Hall–Kier alpha value is -1.26. The zero-order chi connectivity index (χ0) is 13.4. The lowest BCUT2D eigenvalue weighted by molar-refractivity contribution is 0.222. The van der Waals surface area contributed by atoms with E-state index in [9.17, 15) is 4.79 Å². The highest BCUT2D eigenvalue weighted by Crippen LogP contribution is 2.09. The molecule has 3 N–H and O–H groups in total. The summed E-state index contributed by atoms with van der Waals surface area (Å²) in [5.41, 5.74) is 1.13. The summed E-state index contributed by atoms with van der Waals surface area (Å²) in [6, 6.07) is 7.34. The molecule has 100 valence electrons. The number of nitrogens with one attached hydrogen (secondary N) is 2. The predicted octanol–water partition coefficient (Wildman–Crippen LogP) is 1.81. The van der Waals surface area contributed by atoms with Gasteiger partial charge in [0.2, 0.25) is 0 Å². The van der Waals surface area contributed by atoms with Crippen molar-refractivity contribution in [3.63, 3.8) is 0 Å². The van der Waals surface area contributed by atoms with Crippen molar-refractivity contribution in [1.82, 2.24) is 10.6 Å². The van der Waals surface area contributed by atoms with Crippen molar-refractivity contribution in [2.24, 2.45) is 5.92 Å². The Labute approximate surface area is 112 Å². The van der Waals surface area contributed by atoms with Crippen molar-refractivity contribution in [3.05, 3.63) is 34.9 Å². The van der Waals surface area contributed by atoms with Crippen LogP contribution in [-0.4, -0.2) is 30.8 Å². The quantitative estimate of drug-likeness (QED) is 0.738. The van der Waals surface area contributed by atoms with Gasteiger partial charge in [-0.1, -0.05) is 30.7 Å². The van der Waals surface area contributed by atoms with Gasteiger partial charge in [-0.2, -0.15) is 0 Å². The van der Waals surface area contributed by atoms with Gasteiger partial charge in [-0.25, -0.2) is 4.79 Å². The summed E-state index contributed by atoms with van der Waals surface area (Å²) >= 11 is 5.78. The van der Waals surface area contributed by atoms with E-state index >= 15 is 0 Å². The molecule has 1 unspecified atom stereocenters. The maximum Gasteiger partial charge on any atom is 0.314 e. The molecule has 1 aromatic carbocycles. The number of carbonyl (C=O) groups is 1. The van der Waals surface area contributed by atoms with Gasteiger partial charge in [0.1, 0.15) is 0 Å². The van der Waals surface area contributed by atoms with Crippen molar-refractivity contribution in [1.29, 1.82) is 0 Å². The van der Waals surface area contributed by atoms with Crippen LogP contribution in [0.5, 0.6) is 0 Å². The van der Waals surface area contributed by atoms with Crippen LogP contribution in [0.1, 0.15) is 12.5 Å². The lowest BCUT2D eigenvalue weighted by Crippen LogP contribution is -2.39. The van der Waals surface area contributed by atoms with Gasteiger partial charge in [-0.15, -0.1) is 0 Å². The van der Waals surface area contributed by atoms with Crippen LogP contribution < -0.4 is 10.6 Å². The molecule has 0 bridgehead atoms. The molecular formula is C13H19ClN2O2. The van der Waals surface area contributed by atoms with Crippen LogP contribution in [0, 0.1) is 5.92 Å². The monoisotopic (exact) mass is 270 g/mol. The summed E-state index contributed by atoms with van der Waals surface area (Å²) in [7, 11) is 0. The molecule has 0 heterocycles. The fraction of sp³-hybridized carbons (Fsp3) is 0.462. The molecule has 1 atom stereocenters. The first-order valence-electron chi connectivity index (χ1n) is 5.99. The summed E-state index contributed by atoms with van der Waals surface area (Å²) in [6.07, 6.45) is 0.764. The van der Waals surface area contributed by atoms with E-state index in [0.29, 0.717) is 18.1 Å². The van der Waals surface area contributed by atoms with Crippen LogP contribution in [-0.2, 0) is 6.42 Å². The smallest absolute Gasteiger partial charge is 0.314 e.